The minimum atomic E-state index is 0.858. The van der Waals surface area contributed by atoms with Crippen molar-refractivity contribution in [3.05, 3.63) is 0 Å². The predicted molar refractivity (Wildman–Crippen MR) is 47.6 cm³/mol. The van der Waals surface area contributed by atoms with Gasteiger partial charge in [0.25, 0.3) is 0 Å². The lowest BCUT2D eigenvalue weighted by atomic mass is 9.86. The molecule has 64 valence electrons. The van der Waals surface area contributed by atoms with Crippen LogP contribution in [0.4, 0.5) is 0 Å². The van der Waals surface area contributed by atoms with Gasteiger partial charge in [-0.25, -0.2) is 0 Å². The van der Waals surface area contributed by atoms with Crippen molar-refractivity contribution >= 4 is 0 Å². The molecule has 0 aromatic heterocycles. The molecule has 0 heterocycles. The van der Waals surface area contributed by atoms with Gasteiger partial charge in [0.2, 0.25) is 0 Å². The van der Waals surface area contributed by atoms with E-state index in [0.29, 0.717) is 0 Å². The molecule has 2 aliphatic rings. The Labute approximate surface area is 69.6 Å². The predicted octanol–water partition coefficient (Wildman–Crippen LogP) is 2.32. The number of hydrogen-bond donors (Lipinski definition) is 1. The molecule has 0 saturated heterocycles. The van der Waals surface area contributed by atoms with Gasteiger partial charge >= 0.3 is 0 Å². The molecule has 0 amide bonds. The van der Waals surface area contributed by atoms with E-state index in [9.17, 15) is 0 Å². The highest BCUT2D eigenvalue weighted by Crippen LogP contribution is 2.28. The van der Waals surface area contributed by atoms with E-state index in [4.69, 9.17) is 0 Å². The van der Waals surface area contributed by atoms with E-state index in [-0.39, 0.29) is 0 Å². The van der Waals surface area contributed by atoms with Crippen LogP contribution in [0.5, 0.6) is 0 Å². The zero-order valence-electron chi connectivity index (χ0n) is 7.47. The molecule has 0 aliphatic heterocycles. The second-order valence-electron chi connectivity index (χ2n) is 4.31. The summed E-state index contributed by atoms with van der Waals surface area (Å²) >= 11 is 0. The first kappa shape index (κ1) is 7.60. The van der Waals surface area contributed by atoms with Gasteiger partial charge < -0.3 is 5.32 Å². The standard InChI is InChI=1S/C10H19N/c1-8-4-2-3-5-10(8)11-9-6-7-9/h8-11H,2-7H2,1H3. The van der Waals surface area contributed by atoms with Crippen LogP contribution in [0, 0.1) is 5.92 Å². The first-order valence-corrected chi connectivity index (χ1v) is 5.12. The fraction of sp³-hybridized carbons (Fsp3) is 1.00. The first-order valence-electron chi connectivity index (χ1n) is 5.12. The van der Waals surface area contributed by atoms with Crippen LogP contribution in [0.1, 0.15) is 45.4 Å². The third-order valence-electron chi connectivity index (χ3n) is 3.14. The summed E-state index contributed by atoms with van der Waals surface area (Å²) in [4.78, 5) is 0. The molecule has 1 nitrogen and oxygen atoms in total. The molecule has 2 aliphatic carbocycles. The maximum absolute atomic E-state index is 3.74. The number of hydrogen-bond acceptors (Lipinski definition) is 1. The van der Waals surface area contributed by atoms with Gasteiger partial charge in [0.05, 0.1) is 0 Å². The molecule has 0 radical (unpaired) electrons. The highest BCUT2D eigenvalue weighted by molar-refractivity contribution is 4.88. The zero-order chi connectivity index (χ0) is 7.68. The van der Waals surface area contributed by atoms with Crippen LogP contribution in [0.3, 0.4) is 0 Å². The van der Waals surface area contributed by atoms with Crippen molar-refractivity contribution < 1.29 is 0 Å². The van der Waals surface area contributed by atoms with Crippen LogP contribution in [0.2, 0.25) is 0 Å². The molecular weight excluding hydrogens is 134 g/mol. The molecule has 2 rings (SSSR count). The molecule has 0 aromatic carbocycles. The summed E-state index contributed by atoms with van der Waals surface area (Å²) in [6.45, 7) is 2.40. The lowest BCUT2D eigenvalue weighted by Gasteiger charge is -2.29. The molecule has 0 spiro atoms. The summed E-state index contributed by atoms with van der Waals surface area (Å²) in [5.41, 5.74) is 0. The van der Waals surface area contributed by atoms with Crippen molar-refractivity contribution in [1.29, 1.82) is 0 Å². The fourth-order valence-corrected chi connectivity index (χ4v) is 2.12. The average molecular weight is 153 g/mol. The topological polar surface area (TPSA) is 12.0 Å². The lowest BCUT2D eigenvalue weighted by molar-refractivity contribution is 0.279. The minimum Gasteiger partial charge on any atom is -0.311 e. The van der Waals surface area contributed by atoms with Crippen molar-refractivity contribution in [1.82, 2.24) is 5.32 Å². The Kier molecular flexibility index (Phi) is 2.17. The van der Waals surface area contributed by atoms with E-state index in [0.717, 1.165) is 18.0 Å². The monoisotopic (exact) mass is 153 g/mol. The van der Waals surface area contributed by atoms with E-state index >= 15 is 0 Å². The Morgan fingerprint density at radius 3 is 2.36 bits per heavy atom. The third kappa shape index (κ3) is 1.96. The van der Waals surface area contributed by atoms with Gasteiger partial charge in [-0.3, -0.25) is 0 Å². The highest BCUT2D eigenvalue weighted by Gasteiger charge is 2.28. The Bertz CT molecular complexity index is 129. The smallest absolute Gasteiger partial charge is 0.00952 e. The Balaban J connectivity index is 1.78. The molecule has 2 saturated carbocycles. The largest absolute Gasteiger partial charge is 0.311 e. The van der Waals surface area contributed by atoms with Gasteiger partial charge in [-0.2, -0.15) is 0 Å². The van der Waals surface area contributed by atoms with Gasteiger partial charge in [-0.15, -0.1) is 0 Å². The van der Waals surface area contributed by atoms with E-state index in [1.165, 1.54) is 38.5 Å². The van der Waals surface area contributed by atoms with Gasteiger partial charge in [-0.1, -0.05) is 19.8 Å². The molecule has 1 N–H and O–H groups in total. The van der Waals surface area contributed by atoms with Crippen LogP contribution in [-0.2, 0) is 0 Å². The Morgan fingerprint density at radius 1 is 1.00 bits per heavy atom. The maximum Gasteiger partial charge on any atom is 0.00952 e. The van der Waals surface area contributed by atoms with Gasteiger partial charge in [-0.05, 0) is 31.6 Å². The Hall–Kier alpha value is -0.0400. The average Bonchev–Trinajstić information content (AvgIpc) is 2.78. The Morgan fingerprint density at radius 2 is 1.73 bits per heavy atom. The second-order valence-corrected chi connectivity index (χ2v) is 4.31. The summed E-state index contributed by atoms with van der Waals surface area (Å²) < 4.78 is 0. The van der Waals surface area contributed by atoms with Crippen LogP contribution >= 0.6 is 0 Å². The van der Waals surface area contributed by atoms with Crippen LogP contribution < -0.4 is 5.32 Å². The fourth-order valence-electron chi connectivity index (χ4n) is 2.12. The summed E-state index contributed by atoms with van der Waals surface area (Å²) in [7, 11) is 0. The van der Waals surface area contributed by atoms with E-state index in [1.807, 2.05) is 0 Å². The van der Waals surface area contributed by atoms with E-state index < -0.39 is 0 Å². The van der Waals surface area contributed by atoms with Crippen molar-refractivity contribution in [3.63, 3.8) is 0 Å². The summed E-state index contributed by atoms with van der Waals surface area (Å²) in [5.74, 6) is 0.935. The van der Waals surface area contributed by atoms with Crippen molar-refractivity contribution in [2.75, 3.05) is 0 Å². The van der Waals surface area contributed by atoms with Gasteiger partial charge in [0, 0.05) is 12.1 Å². The van der Waals surface area contributed by atoms with Crippen LogP contribution in [0.15, 0.2) is 0 Å². The van der Waals surface area contributed by atoms with Crippen LogP contribution in [0.25, 0.3) is 0 Å². The summed E-state index contributed by atoms with van der Waals surface area (Å²) in [6.07, 6.45) is 8.66. The minimum absolute atomic E-state index is 0.858. The molecule has 0 bridgehead atoms. The highest BCUT2D eigenvalue weighted by atomic mass is 15.0. The normalized spacial score (nSPS) is 39.0. The summed E-state index contributed by atoms with van der Waals surface area (Å²) in [5, 5.41) is 3.74. The van der Waals surface area contributed by atoms with Crippen LogP contribution in [-0.4, -0.2) is 12.1 Å². The first-order chi connectivity index (χ1) is 5.36. The van der Waals surface area contributed by atoms with Gasteiger partial charge in [0.15, 0.2) is 0 Å². The molecule has 1 heteroatoms. The molecule has 2 unspecified atom stereocenters. The SMILES string of the molecule is CC1CCCCC1NC1CC1. The van der Waals surface area contributed by atoms with E-state index in [1.54, 1.807) is 0 Å². The third-order valence-corrected chi connectivity index (χ3v) is 3.14. The van der Waals surface area contributed by atoms with Crippen molar-refractivity contribution in [3.8, 4) is 0 Å². The summed E-state index contributed by atoms with van der Waals surface area (Å²) in [6, 6.07) is 1.76. The molecule has 2 atom stereocenters. The number of nitrogens with one attached hydrogen (secondary N) is 1. The quantitative estimate of drug-likeness (QED) is 0.642. The molecule has 2 fully saturated rings. The zero-order valence-corrected chi connectivity index (χ0v) is 7.47. The second kappa shape index (κ2) is 3.14. The maximum atomic E-state index is 3.74. The van der Waals surface area contributed by atoms with E-state index in [2.05, 4.69) is 12.2 Å². The lowest BCUT2D eigenvalue weighted by Crippen LogP contribution is -2.38. The molecule has 11 heavy (non-hydrogen) atoms. The van der Waals surface area contributed by atoms with Gasteiger partial charge in [0.1, 0.15) is 0 Å². The molecule has 0 aromatic rings. The molecular formula is C10H19N. The van der Waals surface area contributed by atoms with Crippen molar-refractivity contribution in [2.24, 2.45) is 5.92 Å². The number of rotatable bonds is 2. The van der Waals surface area contributed by atoms with Crippen molar-refractivity contribution in [2.45, 2.75) is 57.5 Å².